The SMILES string of the molecule is Fc1ccc2oc(CN3CCNCC3c3ccccc3Cl)nc2c1. The Kier molecular flexibility index (Phi) is 4.22. The van der Waals surface area contributed by atoms with Gasteiger partial charge >= 0.3 is 0 Å². The number of hydrogen-bond acceptors (Lipinski definition) is 4. The molecule has 1 saturated heterocycles. The number of hydrogen-bond donors (Lipinski definition) is 1. The number of nitrogens with one attached hydrogen (secondary N) is 1. The van der Waals surface area contributed by atoms with Crippen LogP contribution in [0.5, 0.6) is 0 Å². The van der Waals surface area contributed by atoms with Gasteiger partial charge in [0.2, 0.25) is 5.89 Å². The third-order valence-corrected chi connectivity index (χ3v) is 4.69. The summed E-state index contributed by atoms with van der Waals surface area (Å²) < 4.78 is 19.1. The van der Waals surface area contributed by atoms with Gasteiger partial charge in [-0.25, -0.2) is 9.37 Å². The predicted octanol–water partition coefficient (Wildman–Crippen LogP) is 3.77. The first-order valence-corrected chi connectivity index (χ1v) is 8.33. The number of halogens is 2. The highest BCUT2D eigenvalue weighted by atomic mass is 35.5. The van der Waals surface area contributed by atoms with E-state index in [1.54, 1.807) is 6.07 Å². The number of rotatable bonds is 3. The minimum atomic E-state index is -0.307. The van der Waals surface area contributed by atoms with Crippen molar-refractivity contribution in [2.75, 3.05) is 19.6 Å². The van der Waals surface area contributed by atoms with E-state index in [9.17, 15) is 4.39 Å². The highest BCUT2D eigenvalue weighted by molar-refractivity contribution is 6.31. The summed E-state index contributed by atoms with van der Waals surface area (Å²) in [5.74, 6) is 0.285. The van der Waals surface area contributed by atoms with Crippen molar-refractivity contribution in [3.05, 3.63) is 64.8 Å². The van der Waals surface area contributed by atoms with E-state index in [4.69, 9.17) is 16.0 Å². The number of benzene rings is 2. The summed E-state index contributed by atoms with van der Waals surface area (Å²) in [6.45, 7) is 3.14. The zero-order valence-electron chi connectivity index (χ0n) is 13.0. The van der Waals surface area contributed by atoms with E-state index in [0.717, 1.165) is 30.2 Å². The quantitative estimate of drug-likeness (QED) is 0.784. The summed E-state index contributed by atoms with van der Waals surface area (Å²) in [5, 5.41) is 4.17. The first-order chi connectivity index (χ1) is 11.7. The van der Waals surface area contributed by atoms with Crippen molar-refractivity contribution >= 4 is 22.7 Å². The lowest BCUT2D eigenvalue weighted by Crippen LogP contribution is -2.45. The summed E-state index contributed by atoms with van der Waals surface area (Å²) in [4.78, 5) is 6.71. The van der Waals surface area contributed by atoms with Crippen LogP contribution >= 0.6 is 11.6 Å². The molecule has 3 aromatic rings. The van der Waals surface area contributed by atoms with Gasteiger partial charge in [0.15, 0.2) is 5.58 Å². The van der Waals surface area contributed by atoms with Gasteiger partial charge < -0.3 is 9.73 Å². The van der Waals surface area contributed by atoms with Crippen LogP contribution in [0.3, 0.4) is 0 Å². The largest absolute Gasteiger partial charge is 0.439 e. The normalized spacial score (nSPS) is 19.0. The molecule has 2 aromatic carbocycles. The number of fused-ring (bicyclic) bond motifs is 1. The maximum absolute atomic E-state index is 13.3. The van der Waals surface area contributed by atoms with Gasteiger partial charge in [0.25, 0.3) is 0 Å². The first kappa shape index (κ1) is 15.6. The average Bonchev–Trinajstić information content (AvgIpc) is 2.97. The molecule has 2 heterocycles. The minimum Gasteiger partial charge on any atom is -0.439 e. The van der Waals surface area contributed by atoms with Gasteiger partial charge in [0.1, 0.15) is 11.3 Å². The van der Waals surface area contributed by atoms with Crippen LogP contribution in [-0.4, -0.2) is 29.5 Å². The van der Waals surface area contributed by atoms with Crippen molar-refractivity contribution in [3.8, 4) is 0 Å². The molecule has 1 aliphatic rings. The highest BCUT2D eigenvalue weighted by Crippen LogP contribution is 2.30. The molecule has 1 N–H and O–H groups in total. The van der Waals surface area contributed by atoms with E-state index >= 15 is 0 Å². The second-order valence-corrected chi connectivity index (χ2v) is 6.34. The Balaban J connectivity index is 1.61. The molecule has 0 spiro atoms. The molecular weight excluding hydrogens is 329 g/mol. The molecule has 6 heteroatoms. The van der Waals surface area contributed by atoms with Gasteiger partial charge in [-0.2, -0.15) is 0 Å². The molecular formula is C18H17ClFN3O. The Morgan fingerprint density at radius 2 is 2.17 bits per heavy atom. The van der Waals surface area contributed by atoms with Crippen LogP contribution < -0.4 is 5.32 Å². The standard InChI is InChI=1S/C18H17ClFN3O/c19-14-4-2-1-3-13(14)16-10-21-7-8-23(16)11-18-22-15-9-12(20)5-6-17(15)24-18/h1-6,9,16,21H,7-8,10-11H2. The molecule has 0 amide bonds. The van der Waals surface area contributed by atoms with Crippen molar-refractivity contribution in [1.82, 2.24) is 15.2 Å². The second-order valence-electron chi connectivity index (χ2n) is 5.93. The van der Waals surface area contributed by atoms with E-state index in [1.165, 1.54) is 12.1 Å². The van der Waals surface area contributed by atoms with Crippen LogP contribution in [0, 0.1) is 5.82 Å². The predicted molar refractivity (Wildman–Crippen MR) is 91.4 cm³/mol. The molecule has 4 nitrogen and oxygen atoms in total. The fourth-order valence-corrected chi connectivity index (χ4v) is 3.44. The third-order valence-electron chi connectivity index (χ3n) is 4.35. The zero-order chi connectivity index (χ0) is 16.5. The monoisotopic (exact) mass is 345 g/mol. The van der Waals surface area contributed by atoms with E-state index < -0.39 is 0 Å². The molecule has 0 radical (unpaired) electrons. The summed E-state index contributed by atoms with van der Waals surface area (Å²) in [6, 6.07) is 12.4. The van der Waals surface area contributed by atoms with Crippen molar-refractivity contribution in [1.29, 1.82) is 0 Å². The number of piperazine rings is 1. The number of oxazole rings is 1. The Hall–Kier alpha value is -1.95. The van der Waals surface area contributed by atoms with Gasteiger partial charge in [0, 0.05) is 36.8 Å². The molecule has 0 saturated carbocycles. The van der Waals surface area contributed by atoms with Crippen molar-refractivity contribution in [2.24, 2.45) is 0 Å². The Morgan fingerprint density at radius 1 is 1.29 bits per heavy atom. The lowest BCUT2D eigenvalue weighted by molar-refractivity contribution is 0.141. The Bertz CT molecular complexity index is 866. The van der Waals surface area contributed by atoms with Crippen LogP contribution in [0.2, 0.25) is 5.02 Å². The lowest BCUT2D eigenvalue weighted by atomic mass is 10.0. The average molecular weight is 346 g/mol. The summed E-state index contributed by atoms with van der Waals surface area (Å²) in [5.41, 5.74) is 2.25. The minimum absolute atomic E-state index is 0.152. The molecule has 1 aromatic heterocycles. The van der Waals surface area contributed by atoms with E-state index in [1.807, 2.05) is 18.2 Å². The molecule has 1 unspecified atom stereocenters. The lowest BCUT2D eigenvalue weighted by Gasteiger charge is -2.36. The summed E-state index contributed by atoms with van der Waals surface area (Å²) in [7, 11) is 0. The highest BCUT2D eigenvalue weighted by Gasteiger charge is 2.26. The molecule has 1 aliphatic heterocycles. The van der Waals surface area contributed by atoms with Crippen molar-refractivity contribution < 1.29 is 8.81 Å². The summed E-state index contributed by atoms with van der Waals surface area (Å²) >= 11 is 6.37. The smallest absolute Gasteiger partial charge is 0.209 e. The molecule has 0 aliphatic carbocycles. The maximum atomic E-state index is 13.3. The van der Waals surface area contributed by atoms with Crippen LogP contribution in [0.1, 0.15) is 17.5 Å². The van der Waals surface area contributed by atoms with Gasteiger partial charge in [-0.1, -0.05) is 29.8 Å². The van der Waals surface area contributed by atoms with Crippen molar-refractivity contribution in [3.63, 3.8) is 0 Å². The number of nitrogens with zero attached hydrogens (tertiary/aromatic N) is 2. The Labute approximate surface area is 144 Å². The molecule has 1 fully saturated rings. The van der Waals surface area contributed by atoms with E-state index in [0.29, 0.717) is 23.5 Å². The van der Waals surface area contributed by atoms with Gasteiger partial charge in [0.05, 0.1) is 6.54 Å². The fourth-order valence-electron chi connectivity index (χ4n) is 3.18. The molecule has 124 valence electrons. The van der Waals surface area contributed by atoms with Gasteiger partial charge in [-0.15, -0.1) is 0 Å². The van der Waals surface area contributed by atoms with Crippen LogP contribution in [-0.2, 0) is 6.54 Å². The van der Waals surface area contributed by atoms with Crippen LogP contribution in [0.4, 0.5) is 4.39 Å². The topological polar surface area (TPSA) is 41.3 Å². The maximum Gasteiger partial charge on any atom is 0.209 e. The fraction of sp³-hybridized carbons (Fsp3) is 0.278. The van der Waals surface area contributed by atoms with Gasteiger partial charge in [-0.05, 0) is 23.8 Å². The zero-order valence-corrected chi connectivity index (χ0v) is 13.8. The van der Waals surface area contributed by atoms with Gasteiger partial charge in [-0.3, -0.25) is 4.90 Å². The molecule has 4 rings (SSSR count). The van der Waals surface area contributed by atoms with Crippen LogP contribution in [0.25, 0.3) is 11.1 Å². The van der Waals surface area contributed by atoms with Crippen molar-refractivity contribution in [2.45, 2.75) is 12.6 Å². The van der Waals surface area contributed by atoms with Crippen LogP contribution in [0.15, 0.2) is 46.9 Å². The molecule has 1 atom stereocenters. The number of aromatic nitrogens is 1. The van der Waals surface area contributed by atoms with E-state index in [-0.39, 0.29) is 11.9 Å². The molecule has 0 bridgehead atoms. The third kappa shape index (κ3) is 3.02. The Morgan fingerprint density at radius 3 is 3.04 bits per heavy atom. The first-order valence-electron chi connectivity index (χ1n) is 7.95. The molecule has 24 heavy (non-hydrogen) atoms. The second kappa shape index (κ2) is 6.51. The summed E-state index contributed by atoms with van der Waals surface area (Å²) in [6.07, 6.45) is 0. The van der Waals surface area contributed by atoms with E-state index in [2.05, 4.69) is 21.3 Å².